The van der Waals surface area contributed by atoms with Gasteiger partial charge in [-0.15, -0.1) is 35.9 Å². The Hall–Kier alpha value is -3.85. The van der Waals surface area contributed by atoms with Gasteiger partial charge in [-0.05, 0) is 50.6 Å². The fourth-order valence-electron chi connectivity index (χ4n) is 4.66. The molecular weight excluding hydrogens is 667 g/mol. The average molecular weight is 700 g/mol. The summed E-state index contributed by atoms with van der Waals surface area (Å²) >= 11 is 0. The minimum atomic E-state index is -0.136. The van der Waals surface area contributed by atoms with E-state index in [2.05, 4.69) is 115 Å². The maximum absolute atomic E-state index is 4.22. The Balaban J connectivity index is 0.000000238. The molecule has 0 saturated carbocycles. The third kappa shape index (κ3) is 5.99. The first-order chi connectivity index (χ1) is 18.9. The van der Waals surface area contributed by atoms with Gasteiger partial charge in [-0.3, -0.25) is 0 Å². The van der Waals surface area contributed by atoms with Crippen molar-refractivity contribution in [3.63, 3.8) is 0 Å². The molecule has 4 heteroatoms. The fourth-order valence-corrected chi connectivity index (χ4v) is 4.66. The predicted molar refractivity (Wildman–Crippen MR) is 161 cm³/mol. The molecular formula is C36H33IrN3+. The van der Waals surface area contributed by atoms with Gasteiger partial charge in [0.25, 0.3) is 0 Å². The summed E-state index contributed by atoms with van der Waals surface area (Å²) in [6, 6.07) is 47.5. The van der Waals surface area contributed by atoms with Crippen molar-refractivity contribution in [1.29, 1.82) is 0 Å². The summed E-state index contributed by atoms with van der Waals surface area (Å²) in [5.41, 5.74) is 6.39. The molecule has 6 rings (SSSR count). The third-order valence-corrected chi connectivity index (χ3v) is 7.63. The van der Waals surface area contributed by atoms with Gasteiger partial charge in [0, 0.05) is 11.9 Å². The van der Waals surface area contributed by atoms with E-state index >= 15 is 0 Å². The van der Waals surface area contributed by atoms with E-state index in [1.807, 2.05) is 66.7 Å². The number of benzene rings is 4. The van der Waals surface area contributed by atoms with E-state index in [1.54, 1.807) is 6.20 Å². The molecule has 0 amide bonds. The molecule has 0 aliphatic carbocycles. The summed E-state index contributed by atoms with van der Waals surface area (Å²) in [5, 5.41) is 0. The molecule has 0 saturated heterocycles. The van der Waals surface area contributed by atoms with Crippen molar-refractivity contribution in [2.45, 2.75) is 38.8 Å². The van der Waals surface area contributed by atoms with Crippen molar-refractivity contribution in [3.8, 4) is 22.4 Å². The third-order valence-electron chi connectivity index (χ3n) is 7.63. The van der Waals surface area contributed by atoms with Gasteiger partial charge in [0.05, 0.1) is 0 Å². The first-order valence-electron chi connectivity index (χ1n) is 13.2. The zero-order valence-corrected chi connectivity index (χ0v) is 25.7. The maximum Gasteiger partial charge on any atom is 3.00 e. The summed E-state index contributed by atoms with van der Waals surface area (Å²) in [5.74, 6) is 0. The van der Waals surface area contributed by atoms with E-state index in [0.717, 1.165) is 22.6 Å². The molecule has 4 aromatic carbocycles. The fraction of sp³-hybridized carbons (Fsp3) is 0.167. The van der Waals surface area contributed by atoms with E-state index in [0.29, 0.717) is 0 Å². The number of rotatable bonds is 4. The number of hydrogen-bond donors (Lipinski definition) is 0. The minimum Gasteiger partial charge on any atom is -0.351 e. The van der Waals surface area contributed by atoms with Crippen LogP contribution in [0.15, 0.2) is 128 Å². The molecule has 0 bridgehead atoms. The molecule has 0 unspecified atom stereocenters. The Morgan fingerprint density at radius 3 is 1.88 bits per heavy atom. The van der Waals surface area contributed by atoms with Crippen LogP contribution in [0.25, 0.3) is 22.4 Å². The largest absolute Gasteiger partial charge is 3.00 e. The Morgan fingerprint density at radius 1 is 0.650 bits per heavy atom. The molecule has 1 aliphatic heterocycles. The van der Waals surface area contributed by atoms with E-state index in [4.69, 9.17) is 0 Å². The van der Waals surface area contributed by atoms with Crippen LogP contribution in [0.4, 0.5) is 11.4 Å². The normalized spacial score (nSPS) is 14.8. The molecule has 200 valence electrons. The topological polar surface area (TPSA) is 19.1 Å². The van der Waals surface area contributed by atoms with Crippen molar-refractivity contribution < 1.29 is 24.7 Å². The molecule has 0 fully saturated rings. The van der Waals surface area contributed by atoms with Gasteiger partial charge in [0.15, 0.2) is 0 Å². The van der Waals surface area contributed by atoms with Crippen molar-refractivity contribution in [2.75, 3.05) is 4.90 Å². The van der Waals surface area contributed by atoms with Crippen LogP contribution in [-0.2, 0) is 20.1 Å². The second-order valence-corrected chi connectivity index (χ2v) is 10.5. The minimum absolute atomic E-state index is 0. The van der Waals surface area contributed by atoms with Crippen LogP contribution in [0.3, 0.4) is 0 Å². The standard InChI is InChI=1S/C25H25N2.C11H8N.Ir/c1-24(2)25(3,4)27(19-26(24)22-13-9-6-10-14-22)23-17-15-21(16-18-23)20-11-7-5-8-12-20;1-2-6-10(7-3-1)11-8-4-5-9-12-11;/h5-13,15-18H,1-4H3;1-6,8-9H;/q2*-1;+3. The molecule has 0 atom stereocenters. The molecule has 3 nitrogen and oxygen atoms in total. The summed E-state index contributed by atoms with van der Waals surface area (Å²) in [6.07, 6.45) is 5.39. The van der Waals surface area contributed by atoms with Gasteiger partial charge in [0.1, 0.15) is 11.1 Å². The summed E-state index contributed by atoms with van der Waals surface area (Å²) in [6.45, 7) is 9.07. The van der Waals surface area contributed by atoms with Crippen LogP contribution in [0.5, 0.6) is 0 Å². The van der Waals surface area contributed by atoms with Crippen LogP contribution in [0, 0.1) is 12.1 Å². The molecule has 0 N–H and O–H groups in total. The van der Waals surface area contributed by atoms with Crippen LogP contribution < -0.4 is 4.90 Å². The van der Waals surface area contributed by atoms with E-state index < -0.39 is 0 Å². The monoisotopic (exact) mass is 700 g/mol. The van der Waals surface area contributed by atoms with Crippen molar-refractivity contribution in [3.05, 3.63) is 140 Å². The Bertz CT molecular complexity index is 1480. The van der Waals surface area contributed by atoms with Gasteiger partial charge < -0.3 is 14.5 Å². The van der Waals surface area contributed by atoms with Crippen LogP contribution >= 0.6 is 0 Å². The average Bonchev–Trinajstić information content (AvgIpc) is 3.18. The summed E-state index contributed by atoms with van der Waals surface area (Å²) in [7, 11) is 0. The predicted octanol–water partition coefficient (Wildman–Crippen LogP) is 8.33. The smallest absolute Gasteiger partial charge is 0.351 e. The second kappa shape index (κ2) is 12.6. The van der Waals surface area contributed by atoms with Crippen molar-refractivity contribution in [2.24, 2.45) is 0 Å². The van der Waals surface area contributed by atoms with E-state index in [9.17, 15) is 0 Å². The summed E-state index contributed by atoms with van der Waals surface area (Å²) < 4.78 is 2.21. The molecule has 40 heavy (non-hydrogen) atoms. The van der Waals surface area contributed by atoms with Crippen LogP contribution in [-0.4, -0.2) is 27.0 Å². The molecule has 0 radical (unpaired) electrons. The van der Waals surface area contributed by atoms with Crippen molar-refractivity contribution >= 4 is 17.7 Å². The molecule has 2 heterocycles. The zero-order valence-electron chi connectivity index (χ0n) is 23.3. The molecule has 1 aromatic heterocycles. The zero-order chi connectivity index (χ0) is 27.3. The number of nitrogens with zero attached hydrogens (tertiary/aromatic N) is 3. The Kier molecular flexibility index (Phi) is 9.14. The first-order valence-corrected chi connectivity index (χ1v) is 13.2. The SMILES string of the molecule is CC1(C)N(c2ccc(-c3ccccc3)cc2)[C-]=[N+](c2[c-]cccc2)C1(C)C.[Ir+3].[c-]1ccccc1-c1ccccn1. The van der Waals surface area contributed by atoms with Crippen LogP contribution in [0.2, 0.25) is 0 Å². The Labute approximate surface area is 252 Å². The van der Waals surface area contributed by atoms with Crippen molar-refractivity contribution in [1.82, 2.24) is 4.98 Å². The van der Waals surface area contributed by atoms with E-state index in [1.165, 1.54) is 11.1 Å². The number of pyridine rings is 1. The number of hydrogen-bond acceptors (Lipinski definition) is 2. The second-order valence-electron chi connectivity index (χ2n) is 10.5. The summed E-state index contributed by atoms with van der Waals surface area (Å²) in [4.78, 5) is 6.47. The molecule has 0 spiro atoms. The van der Waals surface area contributed by atoms with Gasteiger partial charge in [-0.25, -0.2) is 6.07 Å². The number of aromatic nitrogens is 1. The number of anilines is 1. The van der Waals surface area contributed by atoms with Gasteiger partial charge >= 0.3 is 20.1 Å². The van der Waals surface area contributed by atoms with Crippen LogP contribution in [0.1, 0.15) is 27.7 Å². The van der Waals surface area contributed by atoms with Gasteiger partial charge in [-0.1, -0.05) is 72.4 Å². The van der Waals surface area contributed by atoms with E-state index in [-0.39, 0.29) is 31.2 Å². The Morgan fingerprint density at radius 2 is 1.27 bits per heavy atom. The molecule has 1 aliphatic rings. The van der Waals surface area contributed by atoms with Gasteiger partial charge in [-0.2, -0.15) is 24.3 Å². The first kappa shape index (κ1) is 29.1. The van der Waals surface area contributed by atoms with Gasteiger partial charge in [0.2, 0.25) is 6.34 Å². The maximum atomic E-state index is 4.22. The quantitative estimate of drug-likeness (QED) is 0.139. The number of para-hydroxylation sites is 1. The molecule has 5 aromatic rings.